The maximum absolute atomic E-state index is 12.9. The highest BCUT2D eigenvalue weighted by atomic mass is 35.5. The first kappa shape index (κ1) is 17.1. The van der Waals surface area contributed by atoms with Gasteiger partial charge in [-0.15, -0.1) is 11.6 Å². The number of hydrogen-bond donors (Lipinski definition) is 0. The van der Waals surface area contributed by atoms with Crippen molar-refractivity contribution in [1.82, 2.24) is 4.31 Å². The van der Waals surface area contributed by atoms with Gasteiger partial charge < -0.3 is 0 Å². The van der Waals surface area contributed by atoms with Crippen LogP contribution in [0, 0.1) is 18.8 Å². The van der Waals surface area contributed by atoms with Crippen LogP contribution in [0.2, 0.25) is 5.02 Å². The van der Waals surface area contributed by atoms with E-state index in [9.17, 15) is 8.42 Å². The predicted octanol–water partition coefficient (Wildman–Crippen LogP) is 4.05. The highest BCUT2D eigenvalue weighted by Crippen LogP contribution is 2.31. The normalized spacial score (nSPS) is 24.2. The largest absolute Gasteiger partial charge is 0.243 e. The molecule has 1 saturated heterocycles. The summed E-state index contributed by atoms with van der Waals surface area (Å²) in [6.45, 7) is 7.19. The quantitative estimate of drug-likeness (QED) is 0.771. The van der Waals surface area contributed by atoms with Gasteiger partial charge in [0, 0.05) is 24.0 Å². The molecular weight excluding hydrogens is 329 g/mol. The van der Waals surface area contributed by atoms with Gasteiger partial charge >= 0.3 is 0 Å². The summed E-state index contributed by atoms with van der Waals surface area (Å²) >= 11 is 11.9. The summed E-state index contributed by atoms with van der Waals surface area (Å²) in [6, 6.07) is 3.26. The Labute approximate surface area is 137 Å². The summed E-state index contributed by atoms with van der Waals surface area (Å²) in [6.07, 6.45) is 0.891. The van der Waals surface area contributed by atoms with Crippen LogP contribution in [0.25, 0.3) is 0 Å². The van der Waals surface area contributed by atoms with E-state index in [1.54, 1.807) is 17.3 Å². The number of hydrogen-bond acceptors (Lipinski definition) is 2. The van der Waals surface area contributed by atoms with E-state index >= 15 is 0 Å². The molecule has 0 bridgehead atoms. The van der Waals surface area contributed by atoms with Crippen molar-refractivity contribution in [2.45, 2.75) is 38.0 Å². The average Bonchev–Trinajstić information content (AvgIpc) is 2.43. The maximum atomic E-state index is 12.9. The fourth-order valence-electron chi connectivity index (χ4n) is 2.70. The number of nitrogens with zero attached hydrogens (tertiary/aromatic N) is 1. The Morgan fingerprint density at radius 2 is 1.95 bits per heavy atom. The minimum absolute atomic E-state index is 0.252. The highest BCUT2D eigenvalue weighted by Gasteiger charge is 2.33. The molecule has 21 heavy (non-hydrogen) atoms. The molecule has 1 aliphatic rings. The molecule has 1 heterocycles. The first-order valence-electron chi connectivity index (χ1n) is 7.12. The van der Waals surface area contributed by atoms with E-state index in [2.05, 4.69) is 13.8 Å². The smallest absolute Gasteiger partial charge is 0.207 e. The van der Waals surface area contributed by atoms with Gasteiger partial charge in [-0.05, 0) is 48.4 Å². The van der Waals surface area contributed by atoms with Crippen molar-refractivity contribution in [3.05, 3.63) is 28.3 Å². The number of rotatable bonds is 3. The highest BCUT2D eigenvalue weighted by molar-refractivity contribution is 7.89. The third kappa shape index (κ3) is 3.39. The van der Waals surface area contributed by atoms with Gasteiger partial charge in [-0.3, -0.25) is 0 Å². The van der Waals surface area contributed by atoms with Crippen LogP contribution in [0.5, 0.6) is 0 Å². The molecule has 118 valence electrons. The lowest BCUT2D eigenvalue weighted by Gasteiger charge is -2.34. The van der Waals surface area contributed by atoms with Gasteiger partial charge in [-0.2, -0.15) is 4.31 Å². The van der Waals surface area contributed by atoms with Gasteiger partial charge in [0.25, 0.3) is 0 Å². The minimum Gasteiger partial charge on any atom is -0.207 e. The van der Waals surface area contributed by atoms with Crippen molar-refractivity contribution < 1.29 is 8.42 Å². The molecular formula is C15H21Cl2NO2S. The van der Waals surface area contributed by atoms with E-state index in [1.165, 1.54) is 6.07 Å². The second kappa shape index (κ2) is 6.45. The molecule has 1 aromatic carbocycles. The second-order valence-electron chi connectivity index (χ2n) is 5.93. The summed E-state index contributed by atoms with van der Waals surface area (Å²) in [5, 5.41) is 0.410. The second-order valence-corrected chi connectivity index (χ2v) is 8.54. The summed E-state index contributed by atoms with van der Waals surface area (Å²) in [5.74, 6) is 1.17. The zero-order valence-corrected chi connectivity index (χ0v) is 14.9. The molecule has 0 radical (unpaired) electrons. The summed E-state index contributed by atoms with van der Waals surface area (Å²) in [4.78, 5) is 0.285. The Kier molecular flexibility index (Phi) is 5.24. The molecule has 0 amide bonds. The Morgan fingerprint density at radius 1 is 1.29 bits per heavy atom. The Hall–Kier alpha value is -0.290. The third-order valence-electron chi connectivity index (χ3n) is 4.49. The van der Waals surface area contributed by atoms with Crippen molar-refractivity contribution in [2.75, 3.05) is 13.1 Å². The lowest BCUT2D eigenvalue weighted by atomic mass is 9.90. The van der Waals surface area contributed by atoms with Crippen molar-refractivity contribution in [1.29, 1.82) is 0 Å². The summed E-state index contributed by atoms with van der Waals surface area (Å²) in [7, 11) is -3.51. The van der Waals surface area contributed by atoms with Crippen molar-refractivity contribution in [3.63, 3.8) is 0 Å². The maximum Gasteiger partial charge on any atom is 0.243 e. The number of sulfonamides is 1. The minimum atomic E-state index is -3.51. The summed E-state index contributed by atoms with van der Waals surface area (Å²) in [5.41, 5.74) is 1.46. The lowest BCUT2D eigenvalue weighted by Crippen LogP contribution is -2.42. The lowest BCUT2D eigenvalue weighted by molar-refractivity contribution is 0.212. The molecule has 1 fully saturated rings. The van der Waals surface area contributed by atoms with Gasteiger partial charge in [-0.1, -0.05) is 25.4 Å². The van der Waals surface area contributed by atoms with E-state index in [1.807, 2.05) is 0 Å². The SMILES string of the molecule is Cc1c(CCl)cc(Cl)cc1S(=O)(=O)N1CCC(C)C(C)C1. The number of benzene rings is 1. The zero-order chi connectivity index (χ0) is 15.8. The van der Waals surface area contributed by atoms with Gasteiger partial charge in [0.2, 0.25) is 10.0 Å². The summed E-state index contributed by atoms with van der Waals surface area (Å²) < 4.78 is 27.4. The van der Waals surface area contributed by atoms with Crippen LogP contribution in [0.1, 0.15) is 31.4 Å². The van der Waals surface area contributed by atoms with Crippen molar-refractivity contribution in [2.24, 2.45) is 11.8 Å². The molecule has 2 rings (SSSR count). The van der Waals surface area contributed by atoms with E-state index in [0.29, 0.717) is 35.5 Å². The third-order valence-corrected chi connectivity index (χ3v) is 6.99. The molecule has 3 nitrogen and oxygen atoms in total. The van der Waals surface area contributed by atoms with Crippen LogP contribution < -0.4 is 0 Å². The van der Waals surface area contributed by atoms with E-state index in [-0.39, 0.29) is 10.8 Å². The Morgan fingerprint density at radius 3 is 2.52 bits per heavy atom. The molecule has 6 heteroatoms. The van der Waals surface area contributed by atoms with Gasteiger partial charge in [-0.25, -0.2) is 8.42 Å². The molecule has 2 atom stereocenters. The van der Waals surface area contributed by atoms with Gasteiger partial charge in [0.15, 0.2) is 0 Å². The fraction of sp³-hybridized carbons (Fsp3) is 0.600. The van der Waals surface area contributed by atoms with E-state index < -0.39 is 10.0 Å². The van der Waals surface area contributed by atoms with Crippen LogP contribution in [0.4, 0.5) is 0 Å². The van der Waals surface area contributed by atoms with Crippen LogP contribution in [-0.2, 0) is 15.9 Å². The molecule has 0 aliphatic carbocycles. The molecule has 0 aromatic heterocycles. The predicted molar refractivity (Wildman–Crippen MR) is 87.4 cm³/mol. The number of halogens is 2. The Balaban J connectivity index is 2.43. The van der Waals surface area contributed by atoms with Crippen LogP contribution >= 0.6 is 23.2 Å². The van der Waals surface area contributed by atoms with Crippen molar-refractivity contribution in [3.8, 4) is 0 Å². The van der Waals surface area contributed by atoms with Crippen molar-refractivity contribution >= 4 is 33.2 Å². The monoisotopic (exact) mass is 349 g/mol. The van der Waals surface area contributed by atoms with Crippen LogP contribution in [0.3, 0.4) is 0 Å². The Bertz CT molecular complexity index is 631. The molecule has 2 unspecified atom stereocenters. The molecule has 0 spiro atoms. The van der Waals surface area contributed by atoms with E-state index in [0.717, 1.165) is 12.0 Å². The van der Waals surface area contributed by atoms with Crippen LogP contribution in [-0.4, -0.2) is 25.8 Å². The zero-order valence-electron chi connectivity index (χ0n) is 12.6. The fourth-order valence-corrected chi connectivity index (χ4v) is 5.13. The molecule has 1 aliphatic heterocycles. The van der Waals surface area contributed by atoms with E-state index in [4.69, 9.17) is 23.2 Å². The first-order chi connectivity index (χ1) is 9.77. The first-order valence-corrected chi connectivity index (χ1v) is 9.47. The van der Waals surface area contributed by atoms with Gasteiger partial charge in [0.05, 0.1) is 4.90 Å². The molecule has 1 aromatic rings. The standard InChI is InChI=1S/C15H21Cl2NO2S/c1-10-4-5-18(9-11(10)2)21(19,20)15-7-14(17)6-13(8-16)12(15)3/h6-7,10-11H,4-5,8-9H2,1-3H3. The van der Waals surface area contributed by atoms with Gasteiger partial charge in [0.1, 0.15) is 0 Å². The average molecular weight is 350 g/mol. The number of piperidine rings is 1. The van der Waals surface area contributed by atoms with Crippen LogP contribution in [0.15, 0.2) is 17.0 Å². The number of alkyl halides is 1. The molecule has 0 N–H and O–H groups in total. The molecule has 0 saturated carbocycles. The topological polar surface area (TPSA) is 37.4 Å².